The summed E-state index contributed by atoms with van der Waals surface area (Å²) >= 11 is 8.73. The van der Waals surface area contributed by atoms with Gasteiger partial charge in [-0.2, -0.15) is 0 Å². The monoisotopic (exact) mass is 261 g/mol. The number of ketones is 1. The number of Topliss-reactive ketones (excluding diaryl/α,β-unsaturated/α-hetero) is 1. The van der Waals surface area contributed by atoms with Crippen molar-refractivity contribution in [1.29, 1.82) is 0 Å². The van der Waals surface area contributed by atoms with Gasteiger partial charge in [0.2, 0.25) is 0 Å². The molecule has 0 aromatic heterocycles. The van der Waals surface area contributed by atoms with E-state index in [1.165, 1.54) is 0 Å². The molecule has 0 spiro atoms. The van der Waals surface area contributed by atoms with E-state index in [4.69, 9.17) is 17.3 Å². The van der Waals surface area contributed by atoms with E-state index in [1.54, 1.807) is 18.2 Å². The van der Waals surface area contributed by atoms with Crippen LogP contribution in [0, 0.1) is 0 Å². The molecular weight excluding hydrogens is 253 g/mol. The van der Waals surface area contributed by atoms with Gasteiger partial charge in [-0.05, 0) is 18.2 Å². The zero-order valence-corrected chi connectivity index (χ0v) is 9.23. The van der Waals surface area contributed by atoms with E-state index in [-0.39, 0.29) is 5.78 Å². The van der Waals surface area contributed by atoms with Crippen LogP contribution in [0.25, 0.3) is 0 Å². The number of rotatable bonds is 3. The molecule has 1 aromatic rings. The third kappa shape index (κ3) is 2.71. The topological polar surface area (TPSA) is 43.1 Å². The lowest BCUT2D eigenvalue weighted by Gasteiger charge is -2.03. The third-order valence-electron chi connectivity index (χ3n) is 1.64. The zero-order chi connectivity index (χ0) is 9.84. The molecule has 1 rings (SSSR count). The highest BCUT2D eigenvalue weighted by Gasteiger charge is 2.08. The molecular formula is C9H9BrClNO. The van der Waals surface area contributed by atoms with E-state index in [9.17, 15) is 4.79 Å². The number of carbonyl (C=O) groups excluding carboxylic acids is 1. The van der Waals surface area contributed by atoms with Crippen LogP contribution in [0.4, 0.5) is 5.69 Å². The number of anilines is 1. The van der Waals surface area contributed by atoms with Crippen LogP contribution < -0.4 is 5.73 Å². The summed E-state index contributed by atoms with van der Waals surface area (Å²) in [5, 5.41) is 0. The van der Waals surface area contributed by atoms with Gasteiger partial charge in [-0.1, -0.05) is 15.9 Å². The highest BCUT2D eigenvalue weighted by atomic mass is 79.9. The molecule has 0 aliphatic heterocycles. The normalized spacial score (nSPS) is 10.0. The fourth-order valence-corrected chi connectivity index (χ4v) is 1.56. The molecule has 2 nitrogen and oxygen atoms in total. The van der Waals surface area contributed by atoms with E-state index >= 15 is 0 Å². The Hall–Kier alpha value is -0.540. The molecule has 0 radical (unpaired) electrons. The van der Waals surface area contributed by atoms with Gasteiger partial charge in [0.25, 0.3) is 0 Å². The summed E-state index contributed by atoms with van der Waals surface area (Å²) < 4.78 is 0.868. The Morgan fingerprint density at radius 3 is 2.77 bits per heavy atom. The SMILES string of the molecule is Nc1cc(Br)ccc1C(=O)CCCl. The van der Waals surface area contributed by atoms with Gasteiger partial charge in [-0.3, -0.25) is 4.79 Å². The van der Waals surface area contributed by atoms with Crippen molar-refractivity contribution in [2.24, 2.45) is 0 Å². The molecule has 2 N–H and O–H groups in total. The summed E-state index contributed by atoms with van der Waals surface area (Å²) in [5.41, 5.74) is 6.69. The van der Waals surface area contributed by atoms with Crippen molar-refractivity contribution in [3.63, 3.8) is 0 Å². The Kier molecular flexibility index (Phi) is 3.75. The van der Waals surface area contributed by atoms with Crippen LogP contribution in [0.1, 0.15) is 16.8 Å². The second-order valence-corrected chi connectivity index (χ2v) is 3.89. The molecule has 0 saturated heterocycles. The third-order valence-corrected chi connectivity index (χ3v) is 2.32. The Balaban J connectivity index is 2.95. The highest BCUT2D eigenvalue weighted by molar-refractivity contribution is 9.10. The summed E-state index contributed by atoms with van der Waals surface area (Å²) in [4.78, 5) is 11.4. The number of carbonyl (C=O) groups is 1. The molecule has 0 heterocycles. The van der Waals surface area contributed by atoms with Gasteiger partial charge in [0.05, 0.1) is 0 Å². The Bertz CT molecular complexity index is 327. The lowest BCUT2D eigenvalue weighted by atomic mass is 10.1. The molecule has 0 amide bonds. The first-order valence-corrected chi connectivity index (χ1v) is 5.12. The quantitative estimate of drug-likeness (QED) is 0.517. The average Bonchev–Trinajstić information content (AvgIpc) is 2.04. The maximum Gasteiger partial charge on any atom is 0.166 e. The first kappa shape index (κ1) is 10.5. The van der Waals surface area contributed by atoms with E-state index in [0.717, 1.165) is 4.47 Å². The number of nitrogens with two attached hydrogens (primary N) is 1. The fraction of sp³-hybridized carbons (Fsp3) is 0.222. The van der Waals surface area contributed by atoms with Crippen molar-refractivity contribution < 1.29 is 4.79 Å². The smallest absolute Gasteiger partial charge is 0.166 e. The van der Waals surface area contributed by atoms with Gasteiger partial charge in [-0.25, -0.2) is 0 Å². The molecule has 0 aliphatic rings. The lowest BCUT2D eigenvalue weighted by molar-refractivity contribution is 0.0990. The molecule has 4 heteroatoms. The van der Waals surface area contributed by atoms with Gasteiger partial charge < -0.3 is 5.73 Å². The molecule has 0 unspecified atom stereocenters. The minimum atomic E-state index is -0.0139. The largest absolute Gasteiger partial charge is 0.398 e. The molecule has 0 fully saturated rings. The number of hydrogen-bond acceptors (Lipinski definition) is 2. The molecule has 70 valence electrons. The second-order valence-electron chi connectivity index (χ2n) is 2.59. The molecule has 0 atom stereocenters. The number of alkyl halides is 1. The second kappa shape index (κ2) is 4.63. The van der Waals surface area contributed by atoms with E-state index < -0.39 is 0 Å². The summed E-state index contributed by atoms with van der Waals surface area (Å²) in [6.45, 7) is 0. The van der Waals surface area contributed by atoms with Crippen LogP contribution in [0.3, 0.4) is 0 Å². The molecule has 0 saturated carbocycles. The van der Waals surface area contributed by atoms with Gasteiger partial charge in [0.15, 0.2) is 5.78 Å². The summed E-state index contributed by atoms with van der Waals surface area (Å²) in [6, 6.07) is 5.20. The van der Waals surface area contributed by atoms with Crippen LogP contribution in [-0.2, 0) is 0 Å². The van der Waals surface area contributed by atoms with E-state index in [1.807, 2.05) is 0 Å². The maximum atomic E-state index is 11.4. The summed E-state index contributed by atoms with van der Waals surface area (Å²) in [7, 11) is 0. The Labute approximate surface area is 90.2 Å². The number of benzene rings is 1. The predicted molar refractivity (Wildman–Crippen MR) is 58.2 cm³/mol. The minimum absolute atomic E-state index is 0.0139. The van der Waals surface area contributed by atoms with Crippen LogP contribution in [0.5, 0.6) is 0 Å². The van der Waals surface area contributed by atoms with Crippen LogP contribution in [-0.4, -0.2) is 11.7 Å². The van der Waals surface area contributed by atoms with Crippen molar-refractivity contribution in [3.8, 4) is 0 Å². The maximum absolute atomic E-state index is 11.4. The van der Waals surface area contributed by atoms with Gasteiger partial charge in [0, 0.05) is 28.0 Å². The fourth-order valence-electron chi connectivity index (χ4n) is 1.01. The van der Waals surface area contributed by atoms with Crippen molar-refractivity contribution in [2.45, 2.75) is 6.42 Å². The van der Waals surface area contributed by atoms with Crippen LogP contribution >= 0.6 is 27.5 Å². The van der Waals surface area contributed by atoms with Crippen molar-refractivity contribution in [2.75, 3.05) is 11.6 Å². The number of halogens is 2. The molecule has 13 heavy (non-hydrogen) atoms. The van der Waals surface area contributed by atoms with Crippen LogP contribution in [0.15, 0.2) is 22.7 Å². The molecule has 0 bridgehead atoms. The predicted octanol–water partition coefficient (Wildman–Crippen LogP) is 2.84. The van der Waals surface area contributed by atoms with E-state index in [2.05, 4.69) is 15.9 Å². The van der Waals surface area contributed by atoms with Crippen molar-refractivity contribution in [1.82, 2.24) is 0 Å². The van der Waals surface area contributed by atoms with Gasteiger partial charge in [-0.15, -0.1) is 11.6 Å². The first-order chi connectivity index (χ1) is 6.15. The number of nitrogen functional groups attached to an aromatic ring is 1. The minimum Gasteiger partial charge on any atom is -0.398 e. The standard InChI is InChI=1S/C9H9BrClNO/c10-6-1-2-7(8(12)5-6)9(13)3-4-11/h1-2,5H,3-4,12H2. The van der Waals surface area contributed by atoms with Crippen molar-refractivity contribution in [3.05, 3.63) is 28.2 Å². The van der Waals surface area contributed by atoms with Gasteiger partial charge in [0.1, 0.15) is 0 Å². The average molecular weight is 263 g/mol. The lowest BCUT2D eigenvalue weighted by Crippen LogP contribution is -2.03. The van der Waals surface area contributed by atoms with Crippen LogP contribution in [0.2, 0.25) is 0 Å². The highest BCUT2D eigenvalue weighted by Crippen LogP contribution is 2.19. The summed E-state index contributed by atoms with van der Waals surface area (Å²) in [6.07, 6.45) is 0.327. The van der Waals surface area contributed by atoms with E-state index in [0.29, 0.717) is 23.6 Å². The molecule has 0 aliphatic carbocycles. The van der Waals surface area contributed by atoms with Gasteiger partial charge >= 0.3 is 0 Å². The summed E-state index contributed by atoms with van der Waals surface area (Å²) in [5.74, 6) is 0.314. The zero-order valence-electron chi connectivity index (χ0n) is 6.89. The Morgan fingerprint density at radius 1 is 1.54 bits per heavy atom. The molecule has 1 aromatic carbocycles. The first-order valence-electron chi connectivity index (χ1n) is 3.79. The Morgan fingerprint density at radius 2 is 2.23 bits per heavy atom. The number of hydrogen-bond donors (Lipinski definition) is 1. The van der Waals surface area contributed by atoms with Crippen molar-refractivity contribution >= 4 is 39.0 Å².